The number of rotatable bonds is 6. The van der Waals surface area contributed by atoms with E-state index < -0.39 is 9.05 Å². The Kier molecular flexibility index (Phi) is 6.02. The molecular formula is C14H20ClNO3S. The highest BCUT2D eigenvalue weighted by molar-refractivity contribution is 8.13. The molecule has 0 heterocycles. The number of amides is 1. The van der Waals surface area contributed by atoms with Gasteiger partial charge in [-0.15, -0.1) is 0 Å². The molecule has 1 N–H and O–H groups in total. The molecule has 4 nitrogen and oxygen atoms in total. The molecule has 1 unspecified atom stereocenters. The van der Waals surface area contributed by atoms with Gasteiger partial charge in [0.25, 0.3) is 9.05 Å². The predicted octanol–water partition coefficient (Wildman–Crippen LogP) is 2.71. The number of hydrogen-bond acceptors (Lipinski definition) is 3. The molecule has 20 heavy (non-hydrogen) atoms. The van der Waals surface area contributed by atoms with E-state index in [1.165, 1.54) is 12.1 Å². The second kappa shape index (κ2) is 7.09. The van der Waals surface area contributed by atoms with Crippen LogP contribution in [0.3, 0.4) is 0 Å². The molecular weight excluding hydrogens is 298 g/mol. The van der Waals surface area contributed by atoms with E-state index in [4.69, 9.17) is 10.7 Å². The normalized spacial score (nSPS) is 13.2. The molecule has 1 rings (SSSR count). The maximum Gasteiger partial charge on any atom is 0.261 e. The van der Waals surface area contributed by atoms with Crippen molar-refractivity contribution in [1.29, 1.82) is 0 Å². The average Bonchev–Trinajstić information content (AvgIpc) is 2.35. The van der Waals surface area contributed by atoms with E-state index in [0.717, 1.165) is 18.4 Å². The largest absolute Gasteiger partial charge is 0.353 e. The fraction of sp³-hybridized carbons (Fsp3) is 0.500. The topological polar surface area (TPSA) is 63.2 Å². The number of aryl methyl sites for hydroxylation is 1. The third-order valence-electron chi connectivity index (χ3n) is 2.98. The van der Waals surface area contributed by atoms with Crippen molar-refractivity contribution in [1.82, 2.24) is 5.32 Å². The molecule has 1 amide bonds. The molecule has 0 aliphatic heterocycles. The minimum atomic E-state index is -3.66. The number of halogens is 1. The summed E-state index contributed by atoms with van der Waals surface area (Å²) in [6.07, 6.45) is 1.56. The lowest BCUT2D eigenvalue weighted by atomic mass is 10.1. The second-order valence-electron chi connectivity index (χ2n) is 5.18. The molecule has 0 radical (unpaired) electrons. The summed E-state index contributed by atoms with van der Waals surface area (Å²) in [4.78, 5) is 11.6. The number of carbonyl (C=O) groups is 1. The van der Waals surface area contributed by atoms with Crippen molar-refractivity contribution in [2.75, 3.05) is 0 Å². The van der Waals surface area contributed by atoms with E-state index >= 15 is 0 Å². The molecule has 0 saturated heterocycles. The van der Waals surface area contributed by atoms with Gasteiger partial charge in [0.2, 0.25) is 5.91 Å². The predicted molar refractivity (Wildman–Crippen MR) is 80.2 cm³/mol. The Balaban J connectivity index is 2.52. The van der Waals surface area contributed by atoms with Gasteiger partial charge in [-0.1, -0.05) is 26.0 Å². The van der Waals surface area contributed by atoms with Gasteiger partial charge in [-0.05, 0) is 37.5 Å². The first-order chi connectivity index (χ1) is 9.20. The first-order valence-corrected chi connectivity index (χ1v) is 8.85. The molecule has 1 atom stereocenters. The summed E-state index contributed by atoms with van der Waals surface area (Å²) in [5, 5.41) is 2.93. The molecule has 0 aliphatic rings. The third kappa shape index (κ3) is 5.51. The van der Waals surface area contributed by atoms with Gasteiger partial charge in [0.15, 0.2) is 0 Å². The van der Waals surface area contributed by atoms with Crippen LogP contribution in [0.25, 0.3) is 0 Å². The van der Waals surface area contributed by atoms with Crippen molar-refractivity contribution in [3.63, 3.8) is 0 Å². The maximum absolute atomic E-state index is 11.5. The standard InChI is InChI=1S/C14H20ClNO3S/c1-10(2)14(17)16-11(3)4-5-12-6-8-13(9-7-12)20(15,18)19/h6-11H,4-5H2,1-3H3,(H,16,17). The monoisotopic (exact) mass is 317 g/mol. The summed E-state index contributed by atoms with van der Waals surface area (Å²) in [6, 6.07) is 6.56. The van der Waals surface area contributed by atoms with Crippen molar-refractivity contribution >= 4 is 25.6 Å². The Bertz CT molecular complexity index is 552. The lowest BCUT2D eigenvalue weighted by Crippen LogP contribution is -2.35. The van der Waals surface area contributed by atoms with E-state index in [0.29, 0.717) is 0 Å². The van der Waals surface area contributed by atoms with Crippen molar-refractivity contribution in [2.45, 2.75) is 44.6 Å². The number of benzene rings is 1. The molecule has 1 aromatic carbocycles. The number of nitrogens with one attached hydrogen (secondary N) is 1. The highest BCUT2D eigenvalue weighted by atomic mass is 35.7. The minimum absolute atomic E-state index is 0.0225. The fourth-order valence-corrected chi connectivity index (χ4v) is 2.45. The lowest BCUT2D eigenvalue weighted by Gasteiger charge is -2.15. The maximum atomic E-state index is 11.5. The first kappa shape index (κ1) is 17.0. The van der Waals surface area contributed by atoms with E-state index in [2.05, 4.69) is 5.32 Å². The first-order valence-electron chi connectivity index (χ1n) is 6.54. The Morgan fingerprint density at radius 1 is 1.20 bits per heavy atom. The fourth-order valence-electron chi connectivity index (χ4n) is 1.68. The second-order valence-corrected chi connectivity index (χ2v) is 7.75. The summed E-state index contributed by atoms with van der Waals surface area (Å²) in [7, 11) is 1.59. The summed E-state index contributed by atoms with van der Waals surface area (Å²) in [5.74, 6) is 0.0201. The van der Waals surface area contributed by atoms with Gasteiger partial charge in [0.05, 0.1) is 4.90 Å². The van der Waals surface area contributed by atoms with Crippen LogP contribution in [0.1, 0.15) is 32.8 Å². The molecule has 0 spiro atoms. The zero-order valence-corrected chi connectivity index (χ0v) is 13.5. The summed E-state index contributed by atoms with van der Waals surface area (Å²) >= 11 is 0. The lowest BCUT2D eigenvalue weighted by molar-refractivity contribution is -0.124. The summed E-state index contributed by atoms with van der Waals surface area (Å²) in [5.41, 5.74) is 1.01. The molecule has 6 heteroatoms. The number of hydrogen-bond donors (Lipinski definition) is 1. The highest BCUT2D eigenvalue weighted by Gasteiger charge is 2.12. The van der Waals surface area contributed by atoms with Crippen LogP contribution in [-0.2, 0) is 20.3 Å². The Hall–Kier alpha value is -1.07. The Labute approximate surface area is 124 Å². The van der Waals surface area contributed by atoms with Crippen LogP contribution in [0.5, 0.6) is 0 Å². The van der Waals surface area contributed by atoms with Crippen LogP contribution in [0.15, 0.2) is 29.2 Å². The molecule has 0 aromatic heterocycles. The van der Waals surface area contributed by atoms with E-state index in [1.54, 1.807) is 12.1 Å². The summed E-state index contributed by atoms with van der Waals surface area (Å²) < 4.78 is 22.2. The van der Waals surface area contributed by atoms with E-state index in [9.17, 15) is 13.2 Å². The van der Waals surface area contributed by atoms with E-state index in [-0.39, 0.29) is 22.8 Å². The third-order valence-corrected chi connectivity index (χ3v) is 4.35. The molecule has 0 bridgehead atoms. The number of carbonyl (C=O) groups excluding carboxylic acids is 1. The molecule has 0 aliphatic carbocycles. The van der Waals surface area contributed by atoms with Crippen molar-refractivity contribution in [2.24, 2.45) is 5.92 Å². The quantitative estimate of drug-likeness (QED) is 0.820. The van der Waals surface area contributed by atoms with E-state index in [1.807, 2.05) is 20.8 Å². The zero-order chi connectivity index (χ0) is 15.3. The van der Waals surface area contributed by atoms with Crippen molar-refractivity contribution in [3.8, 4) is 0 Å². The van der Waals surface area contributed by atoms with Gasteiger partial charge in [0, 0.05) is 22.6 Å². The van der Waals surface area contributed by atoms with Crippen LogP contribution in [0, 0.1) is 5.92 Å². The van der Waals surface area contributed by atoms with Gasteiger partial charge in [0.1, 0.15) is 0 Å². The van der Waals surface area contributed by atoms with Crippen LogP contribution in [-0.4, -0.2) is 20.4 Å². The van der Waals surface area contributed by atoms with Crippen LogP contribution in [0.2, 0.25) is 0 Å². The SMILES string of the molecule is CC(CCc1ccc(S(=O)(=O)Cl)cc1)NC(=O)C(C)C. The molecule has 112 valence electrons. The van der Waals surface area contributed by atoms with Gasteiger partial charge >= 0.3 is 0 Å². The molecule has 0 fully saturated rings. The van der Waals surface area contributed by atoms with Crippen LogP contribution < -0.4 is 5.32 Å². The van der Waals surface area contributed by atoms with Crippen molar-refractivity contribution in [3.05, 3.63) is 29.8 Å². The molecule has 0 saturated carbocycles. The van der Waals surface area contributed by atoms with Crippen LogP contribution >= 0.6 is 10.7 Å². The van der Waals surface area contributed by atoms with Crippen molar-refractivity contribution < 1.29 is 13.2 Å². The highest BCUT2D eigenvalue weighted by Crippen LogP contribution is 2.16. The Morgan fingerprint density at radius 3 is 2.20 bits per heavy atom. The van der Waals surface area contributed by atoms with Gasteiger partial charge in [-0.3, -0.25) is 4.79 Å². The van der Waals surface area contributed by atoms with Gasteiger partial charge in [-0.25, -0.2) is 8.42 Å². The average molecular weight is 318 g/mol. The van der Waals surface area contributed by atoms with Gasteiger partial charge in [-0.2, -0.15) is 0 Å². The minimum Gasteiger partial charge on any atom is -0.353 e. The van der Waals surface area contributed by atoms with Crippen LogP contribution in [0.4, 0.5) is 0 Å². The Morgan fingerprint density at radius 2 is 1.75 bits per heavy atom. The van der Waals surface area contributed by atoms with Gasteiger partial charge < -0.3 is 5.32 Å². The smallest absolute Gasteiger partial charge is 0.261 e. The molecule has 1 aromatic rings. The zero-order valence-electron chi connectivity index (χ0n) is 11.9. The summed E-state index contributed by atoms with van der Waals surface area (Å²) in [6.45, 7) is 5.67.